The molecule has 0 aliphatic carbocycles. The molecule has 2 aromatic rings. The van der Waals surface area contributed by atoms with Crippen molar-refractivity contribution in [3.05, 3.63) is 69.8 Å². The van der Waals surface area contributed by atoms with Gasteiger partial charge in [0.25, 0.3) is 5.69 Å². The van der Waals surface area contributed by atoms with E-state index in [4.69, 9.17) is 0 Å². The molecule has 6 heteroatoms. The lowest BCUT2D eigenvalue weighted by atomic mass is 10.2. The maximum absolute atomic E-state index is 10.5. The monoisotopic (exact) mass is 309 g/mol. The van der Waals surface area contributed by atoms with Crippen LogP contribution in [0.25, 0.3) is 0 Å². The summed E-state index contributed by atoms with van der Waals surface area (Å²) in [5.74, 6) is 0. The molecule has 1 aromatic heterocycles. The van der Waals surface area contributed by atoms with Crippen LogP contribution in [0.5, 0.6) is 0 Å². The van der Waals surface area contributed by atoms with Gasteiger partial charge in [-0.15, -0.1) is 17.0 Å². The highest BCUT2D eigenvalue weighted by Gasteiger charge is 2.02. The van der Waals surface area contributed by atoms with Crippen LogP contribution in [0.3, 0.4) is 0 Å². The summed E-state index contributed by atoms with van der Waals surface area (Å²) >= 11 is 0. The van der Waals surface area contributed by atoms with E-state index >= 15 is 0 Å². The predicted octanol–water partition coefficient (Wildman–Crippen LogP) is 2.60. The molecule has 1 heterocycles. The summed E-state index contributed by atoms with van der Waals surface area (Å²) < 4.78 is 0. The van der Waals surface area contributed by atoms with Crippen molar-refractivity contribution in [2.24, 2.45) is 4.99 Å². The van der Waals surface area contributed by atoms with Crippen molar-refractivity contribution in [2.75, 3.05) is 0 Å². The zero-order valence-corrected chi connectivity index (χ0v) is 11.2. The van der Waals surface area contributed by atoms with Gasteiger partial charge in [-0.05, 0) is 17.7 Å². The fraction of sp³-hybridized carbons (Fsp3) is 0.0833. The van der Waals surface area contributed by atoms with E-state index < -0.39 is 4.92 Å². The number of nitrogens with one attached hydrogen (secondary N) is 1. The van der Waals surface area contributed by atoms with Gasteiger partial charge >= 0.3 is 0 Å². The highest BCUT2D eigenvalue weighted by Crippen LogP contribution is 2.12. The van der Waals surface area contributed by atoms with E-state index in [-0.39, 0.29) is 22.7 Å². The summed E-state index contributed by atoms with van der Waals surface area (Å²) in [6, 6.07) is 12.0. The number of nitro groups is 1. The molecule has 0 aliphatic rings. The molecule has 18 heavy (non-hydrogen) atoms. The highest BCUT2D eigenvalue weighted by atomic mass is 79.9. The van der Waals surface area contributed by atoms with Gasteiger partial charge in [0.15, 0.2) is 0 Å². The number of rotatable bonds is 3. The lowest BCUT2D eigenvalue weighted by Crippen LogP contribution is -2.05. The van der Waals surface area contributed by atoms with Crippen LogP contribution >= 0.6 is 17.0 Å². The second-order valence-electron chi connectivity index (χ2n) is 3.49. The molecule has 0 radical (unpaired) electrons. The summed E-state index contributed by atoms with van der Waals surface area (Å²) in [5.41, 5.74) is 1.82. The number of benzene rings is 1. The summed E-state index contributed by atoms with van der Waals surface area (Å²) in [6.07, 6.45) is 1.80. The summed E-state index contributed by atoms with van der Waals surface area (Å²) in [5, 5.41) is 10.5. The topological polar surface area (TPSA) is 71.3 Å². The molecule has 0 atom stereocenters. The Morgan fingerprint density at radius 3 is 2.44 bits per heavy atom. The normalized spacial score (nSPS) is 10.8. The number of aromatic nitrogens is 1. The van der Waals surface area contributed by atoms with Crippen molar-refractivity contribution in [3.8, 4) is 0 Å². The van der Waals surface area contributed by atoms with Crippen molar-refractivity contribution in [1.29, 1.82) is 0 Å². The largest absolute Gasteiger partial charge is 0.347 e. The molecular formula is C12H12BrN3O2. The van der Waals surface area contributed by atoms with Gasteiger partial charge in [0.05, 0.1) is 11.5 Å². The van der Waals surface area contributed by atoms with Crippen LogP contribution < -0.4 is 5.49 Å². The van der Waals surface area contributed by atoms with E-state index in [2.05, 4.69) is 9.98 Å². The van der Waals surface area contributed by atoms with Crippen LogP contribution in [0.4, 0.5) is 5.69 Å². The molecule has 2 rings (SSSR count). The number of nitrogens with zero attached hydrogens (tertiary/aromatic N) is 2. The average molecular weight is 310 g/mol. The number of aromatic amines is 1. The van der Waals surface area contributed by atoms with Crippen LogP contribution in [0.1, 0.15) is 5.56 Å². The fourth-order valence-corrected chi connectivity index (χ4v) is 1.38. The Balaban J connectivity index is 0.00000162. The molecule has 0 saturated carbocycles. The molecule has 0 saturated heterocycles. The molecular weight excluding hydrogens is 298 g/mol. The smallest absolute Gasteiger partial charge is 0.269 e. The molecule has 5 nitrogen and oxygen atoms in total. The molecule has 0 aliphatic heterocycles. The molecule has 0 bridgehead atoms. The first-order chi connectivity index (χ1) is 8.25. The SMILES string of the molecule is Br.O=[N+]([O-])c1ccc(CN=c2cccc[nH]2)cc1. The Labute approximate surface area is 114 Å². The predicted molar refractivity (Wildman–Crippen MR) is 73.5 cm³/mol. The zero-order valence-electron chi connectivity index (χ0n) is 9.45. The third-order valence-electron chi connectivity index (χ3n) is 2.27. The minimum absolute atomic E-state index is 0. The first-order valence-electron chi connectivity index (χ1n) is 5.13. The number of hydrogen-bond acceptors (Lipinski definition) is 3. The molecule has 0 unspecified atom stereocenters. The van der Waals surface area contributed by atoms with Gasteiger partial charge in [0.1, 0.15) is 5.49 Å². The van der Waals surface area contributed by atoms with Gasteiger partial charge in [-0.3, -0.25) is 15.1 Å². The number of halogens is 1. The molecule has 94 valence electrons. The van der Waals surface area contributed by atoms with Crippen LogP contribution in [-0.4, -0.2) is 9.91 Å². The van der Waals surface area contributed by atoms with Crippen molar-refractivity contribution < 1.29 is 4.92 Å². The van der Waals surface area contributed by atoms with Crippen LogP contribution in [0.15, 0.2) is 53.7 Å². The van der Waals surface area contributed by atoms with Gasteiger partial charge in [0, 0.05) is 18.3 Å². The Morgan fingerprint density at radius 1 is 1.17 bits per heavy atom. The zero-order chi connectivity index (χ0) is 12.1. The molecule has 1 N–H and O–H groups in total. The van der Waals surface area contributed by atoms with E-state index in [1.165, 1.54) is 12.1 Å². The van der Waals surface area contributed by atoms with E-state index in [0.29, 0.717) is 6.54 Å². The summed E-state index contributed by atoms with van der Waals surface area (Å²) in [6.45, 7) is 0.499. The standard InChI is InChI=1S/C12H11N3O2.BrH/c16-15(17)11-6-4-10(5-7-11)9-14-12-3-1-2-8-13-12;/h1-8H,9H2,(H,13,14);1H. The first-order valence-corrected chi connectivity index (χ1v) is 5.13. The van der Waals surface area contributed by atoms with E-state index in [0.717, 1.165) is 11.1 Å². The number of hydrogen-bond donors (Lipinski definition) is 1. The number of H-pyrrole nitrogens is 1. The number of pyridine rings is 1. The number of non-ortho nitro benzene ring substituents is 1. The maximum Gasteiger partial charge on any atom is 0.269 e. The molecule has 0 spiro atoms. The van der Waals surface area contributed by atoms with Crippen molar-refractivity contribution in [1.82, 2.24) is 4.98 Å². The van der Waals surface area contributed by atoms with Gasteiger partial charge in [-0.1, -0.05) is 18.2 Å². The van der Waals surface area contributed by atoms with Gasteiger partial charge < -0.3 is 4.98 Å². The Kier molecular flexibility index (Phi) is 5.26. The van der Waals surface area contributed by atoms with E-state index in [1.54, 1.807) is 18.3 Å². The second-order valence-corrected chi connectivity index (χ2v) is 3.49. The summed E-state index contributed by atoms with van der Waals surface area (Å²) in [7, 11) is 0. The Bertz CT molecular complexity index is 561. The third-order valence-corrected chi connectivity index (χ3v) is 2.27. The van der Waals surface area contributed by atoms with Gasteiger partial charge in [-0.2, -0.15) is 0 Å². The molecule has 0 amide bonds. The Hall–Kier alpha value is -1.95. The first kappa shape index (κ1) is 14.1. The lowest BCUT2D eigenvalue weighted by Gasteiger charge is -1.96. The summed E-state index contributed by atoms with van der Waals surface area (Å²) in [4.78, 5) is 17.4. The van der Waals surface area contributed by atoms with E-state index in [1.807, 2.05) is 18.2 Å². The fourth-order valence-electron chi connectivity index (χ4n) is 1.38. The van der Waals surface area contributed by atoms with Crippen LogP contribution in [0, 0.1) is 10.1 Å². The van der Waals surface area contributed by atoms with Crippen LogP contribution in [-0.2, 0) is 6.54 Å². The minimum Gasteiger partial charge on any atom is -0.347 e. The second kappa shape index (κ2) is 6.70. The van der Waals surface area contributed by atoms with Crippen molar-refractivity contribution in [2.45, 2.75) is 6.54 Å². The third kappa shape index (κ3) is 3.81. The minimum atomic E-state index is -0.411. The maximum atomic E-state index is 10.5. The van der Waals surface area contributed by atoms with E-state index in [9.17, 15) is 10.1 Å². The highest BCUT2D eigenvalue weighted by molar-refractivity contribution is 8.93. The van der Waals surface area contributed by atoms with Gasteiger partial charge in [0.2, 0.25) is 0 Å². The molecule has 0 fully saturated rings. The van der Waals surface area contributed by atoms with Gasteiger partial charge in [-0.25, -0.2) is 0 Å². The Morgan fingerprint density at radius 2 is 1.89 bits per heavy atom. The van der Waals surface area contributed by atoms with Crippen LogP contribution in [0.2, 0.25) is 0 Å². The molecule has 1 aromatic carbocycles. The van der Waals surface area contributed by atoms with Crippen molar-refractivity contribution in [3.63, 3.8) is 0 Å². The average Bonchev–Trinajstić information content (AvgIpc) is 2.38. The van der Waals surface area contributed by atoms with Crippen molar-refractivity contribution >= 4 is 22.7 Å². The lowest BCUT2D eigenvalue weighted by molar-refractivity contribution is -0.384. The quantitative estimate of drug-likeness (QED) is 0.699. The number of nitro benzene ring substituents is 1.